The molecule has 0 aromatic carbocycles. The van der Waals surface area contributed by atoms with Gasteiger partial charge in [0.25, 0.3) is 0 Å². The molecule has 0 aliphatic carbocycles. The van der Waals surface area contributed by atoms with Crippen molar-refractivity contribution in [3.8, 4) is 6.07 Å². The second kappa shape index (κ2) is 8.27. The third kappa shape index (κ3) is 5.65. The van der Waals surface area contributed by atoms with Crippen molar-refractivity contribution in [3.05, 3.63) is 36.2 Å². The summed E-state index contributed by atoms with van der Waals surface area (Å²) in [5, 5.41) is 15.5. The lowest BCUT2D eigenvalue weighted by molar-refractivity contribution is -0.697. The summed E-state index contributed by atoms with van der Waals surface area (Å²) in [6.45, 7) is 1.05. The van der Waals surface area contributed by atoms with Gasteiger partial charge >= 0.3 is 0 Å². The lowest BCUT2D eigenvalue weighted by Crippen LogP contribution is -2.32. The molecule has 88 valence electrons. The van der Waals surface area contributed by atoms with Crippen LogP contribution in [0.4, 0.5) is 0 Å². The van der Waals surface area contributed by atoms with Crippen molar-refractivity contribution in [3.63, 3.8) is 0 Å². The zero-order chi connectivity index (χ0) is 12.3. The summed E-state index contributed by atoms with van der Waals surface area (Å²) in [6, 6.07) is 8.07. The van der Waals surface area contributed by atoms with Gasteiger partial charge in [0.05, 0.1) is 5.57 Å². The fourth-order valence-electron chi connectivity index (χ4n) is 1.68. The molecule has 0 spiro atoms. The van der Waals surface area contributed by atoms with Crippen molar-refractivity contribution in [2.45, 2.75) is 38.6 Å². The Morgan fingerprint density at radius 2 is 1.76 bits per heavy atom. The van der Waals surface area contributed by atoms with Crippen LogP contribution in [0.1, 0.15) is 32.1 Å². The summed E-state index contributed by atoms with van der Waals surface area (Å²) in [4.78, 5) is 0. The molecule has 3 nitrogen and oxygen atoms in total. The first-order valence-corrected chi connectivity index (χ1v) is 5.99. The number of nitriles is 1. The SMILES string of the molecule is N#CC(=C=N)CCCCCC[n+]1ccccc1. The van der Waals surface area contributed by atoms with Crippen LogP contribution in [0, 0.1) is 16.7 Å². The van der Waals surface area contributed by atoms with Crippen LogP contribution in [0.2, 0.25) is 0 Å². The van der Waals surface area contributed by atoms with Crippen molar-refractivity contribution < 1.29 is 4.57 Å². The number of allylic oxidation sites excluding steroid dienone is 1. The molecule has 0 atom stereocenters. The Hall–Kier alpha value is -1.91. The predicted octanol–water partition coefficient (Wildman–Crippen LogP) is 2.62. The minimum atomic E-state index is 0.461. The van der Waals surface area contributed by atoms with Crippen LogP contribution >= 0.6 is 0 Å². The zero-order valence-electron chi connectivity index (χ0n) is 10.0. The van der Waals surface area contributed by atoms with Crippen molar-refractivity contribution in [1.29, 1.82) is 10.7 Å². The number of hydrogen-bond donors (Lipinski definition) is 1. The molecule has 0 fully saturated rings. The van der Waals surface area contributed by atoms with E-state index in [0.717, 1.165) is 25.8 Å². The predicted molar refractivity (Wildman–Crippen MR) is 66.6 cm³/mol. The number of unbranched alkanes of at least 4 members (excludes halogenated alkanes) is 3. The molecule has 0 saturated heterocycles. The van der Waals surface area contributed by atoms with E-state index < -0.39 is 0 Å². The van der Waals surface area contributed by atoms with Crippen LogP contribution in [0.25, 0.3) is 0 Å². The van der Waals surface area contributed by atoms with Gasteiger partial charge in [-0.05, 0) is 25.1 Å². The van der Waals surface area contributed by atoms with Crippen LogP contribution in [0.15, 0.2) is 36.2 Å². The van der Waals surface area contributed by atoms with Gasteiger partial charge in [-0.3, -0.25) is 5.41 Å². The van der Waals surface area contributed by atoms with E-state index in [2.05, 4.69) is 22.8 Å². The van der Waals surface area contributed by atoms with E-state index in [1.165, 1.54) is 6.42 Å². The molecule has 0 amide bonds. The molecular weight excluding hydrogens is 210 g/mol. The molecule has 17 heavy (non-hydrogen) atoms. The highest BCUT2D eigenvalue weighted by Gasteiger charge is 1.99. The van der Waals surface area contributed by atoms with Gasteiger partial charge in [-0.25, -0.2) is 4.57 Å². The lowest BCUT2D eigenvalue weighted by atomic mass is 10.1. The van der Waals surface area contributed by atoms with Gasteiger partial charge in [-0.2, -0.15) is 5.26 Å². The first kappa shape index (κ1) is 13.2. The molecular formula is C14H18N3+. The fraction of sp³-hybridized carbons (Fsp3) is 0.429. The Labute approximate surface area is 103 Å². The Balaban J connectivity index is 2.06. The normalized spacial score (nSPS) is 9.35. The minimum absolute atomic E-state index is 0.461. The number of pyridine rings is 1. The average molecular weight is 228 g/mol. The third-order valence-electron chi connectivity index (χ3n) is 2.66. The maximum absolute atomic E-state index is 8.60. The number of hydrogen-bond acceptors (Lipinski definition) is 2. The Kier molecular flexibility index (Phi) is 6.40. The minimum Gasteiger partial charge on any atom is -0.258 e. The van der Waals surface area contributed by atoms with E-state index in [0.29, 0.717) is 12.0 Å². The highest BCUT2D eigenvalue weighted by Crippen LogP contribution is 2.07. The van der Waals surface area contributed by atoms with Crippen LogP contribution in [-0.2, 0) is 6.54 Å². The van der Waals surface area contributed by atoms with E-state index in [9.17, 15) is 0 Å². The summed E-state index contributed by atoms with van der Waals surface area (Å²) in [7, 11) is 0. The smallest absolute Gasteiger partial charge is 0.168 e. The molecule has 0 saturated carbocycles. The van der Waals surface area contributed by atoms with Crippen LogP contribution < -0.4 is 4.57 Å². The maximum atomic E-state index is 8.60. The van der Waals surface area contributed by atoms with Crippen LogP contribution in [0.5, 0.6) is 0 Å². The fourth-order valence-corrected chi connectivity index (χ4v) is 1.68. The van der Waals surface area contributed by atoms with Gasteiger partial charge in [0.1, 0.15) is 12.6 Å². The molecule has 3 heteroatoms. The second-order valence-electron chi connectivity index (χ2n) is 3.99. The van der Waals surface area contributed by atoms with Gasteiger partial charge in [0.15, 0.2) is 12.4 Å². The van der Waals surface area contributed by atoms with Crippen molar-refractivity contribution in [2.75, 3.05) is 0 Å². The topological polar surface area (TPSA) is 51.5 Å². The molecule has 1 N–H and O–H groups in total. The molecule has 0 aliphatic rings. The third-order valence-corrected chi connectivity index (χ3v) is 2.66. The first-order valence-electron chi connectivity index (χ1n) is 5.99. The van der Waals surface area contributed by atoms with Crippen molar-refractivity contribution >= 4 is 5.87 Å². The zero-order valence-corrected chi connectivity index (χ0v) is 10.0. The highest BCUT2D eigenvalue weighted by molar-refractivity contribution is 5.60. The molecule has 0 radical (unpaired) electrons. The van der Waals surface area contributed by atoms with Gasteiger partial charge < -0.3 is 0 Å². The van der Waals surface area contributed by atoms with E-state index in [-0.39, 0.29) is 0 Å². The number of aromatic nitrogens is 1. The Morgan fingerprint density at radius 1 is 1.06 bits per heavy atom. The average Bonchev–Trinajstić information content (AvgIpc) is 2.39. The molecule has 1 rings (SSSR count). The van der Waals surface area contributed by atoms with Gasteiger partial charge in [0, 0.05) is 18.6 Å². The largest absolute Gasteiger partial charge is 0.258 e. The molecule has 0 aliphatic heterocycles. The maximum Gasteiger partial charge on any atom is 0.168 e. The van der Waals surface area contributed by atoms with E-state index >= 15 is 0 Å². The summed E-state index contributed by atoms with van der Waals surface area (Å²) in [5.41, 5.74) is 0.461. The number of aryl methyl sites for hydroxylation is 1. The van der Waals surface area contributed by atoms with E-state index in [1.54, 1.807) is 0 Å². The molecule has 1 heterocycles. The van der Waals surface area contributed by atoms with E-state index in [1.807, 2.05) is 24.3 Å². The quantitative estimate of drug-likeness (QED) is 0.331. The summed E-state index contributed by atoms with van der Waals surface area (Å²) >= 11 is 0. The first-order chi connectivity index (χ1) is 8.36. The van der Waals surface area contributed by atoms with Gasteiger partial charge in [0.2, 0.25) is 0 Å². The second-order valence-corrected chi connectivity index (χ2v) is 3.99. The Morgan fingerprint density at radius 3 is 2.41 bits per heavy atom. The summed E-state index contributed by atoms with van der Waals surface area (Å²) < 4.78 is 2.18. The molecule has 1 aromatic rings. The lowest BCUT2D eigenvalue weighted by Gasteiger charge is -1.98. The number of rotatable bonds is 7. The van der Waals surface area contributed by atoms with Crippen molar-refractivity contribution in [2.24, 2.45) is 0 Å². The number of nitrogens with one attached hydrogen (secondary N) is 1. The standard InChI is InChI=1S/C14H18N3/c15-12-14(13-16)8-4-1-2-5-9-17-10-6-3-7-11-17/h3,6-7,10-11,15H,1-2,4-5,8-9H2/q+1. The molecule has 1 aromatic heterocycles. The molecule has 0 bridgehead atoms. The Bertz CT molecular complexity index is 411. The van der Waals surface area contributed by atoms with Gasteiger partial charge in [-0.1, -0.05) is 12.5 Å². The summed E-state index contributed by atoms with van der Waals surface area (Å²) in [5.74, 6) is 2.17. The monoisotopic (exact) mass is 228 g/mol. The van der Waals surface area contributed by atoms with Crippen molar-refractivity contribution in [1.82, 2.24) is 0 Å². The summed E-state index contributed by atoms with van der Waals surface area (Å²) in [6.07, 6.45) is 9.26. The van der Waals surface area contributed by atoms with Crippen LogP contribution in [-0.4, -0.2) is 5.87 Å². The van der Waals surface area contributed by atoms with Crippen LogP contribution in [0.3, 0.4) is 0 Å². The highest BCUT2D eigenvalue weighted by atomic mass is 14.9. The van der Waals surface area contributed by atoms with E-state index in [4.69, 9.17) is 10.7 Å². The van der Waals surface area contributed by atoms with Gasteiger partial charge in [-0.15, -0.1) is 0 Å². The number of nitrogens with zero attached hydrogens (tertiary/aromatic N) is 2. The molecule has 0 unspecified atom stereocenters.